The van der Waals surface area contributed by atoms with E-state index in [0.717, 1.165) is 12.4 Å². The highest BCUT2D eigenvalue weighted by atomic mass is 19.4. The highest BCUT2D eigenvalue weighted by molar-refractivity contribution is 5.09. The topological polar surface area (TPSA) is 37.8 Å². The van der Waals surface area contributed by atoms with Gasteiger partial charge in [0.25, 0.3) is 5.92 Å². The second-order valence-electron chi connectivity index (χ2n) is 5.45. The zero-order valence-corrected chi connectivity index (χ0v) is 11.4. The van der Waals surface area contributed by atoms with Crippen LogP contribution in [0.2, 0.25) is 0 Å². The minimum Gasteiger partial charge on any atom is -0.308 e. The monoisotopic (exact) mass is 309 g/mol. The SMILES string of the molecule is C[C@@H]1CC(F)(F)CN[C@@H]1CCc1ncc(C(F)(F)F)cn1. The molecule has 0 spiro atoms. The van der Waals surface area contributed by atoms with Crippen molar-refractivity contribution in [1.29, 1.82) is 0 Å². The highest BCUT2D eigenvalue weighted by Crippen LogP contribution is 2.31. The van der Waals surface area contributed by atoms with Gasteiger partial charge in [-0.1, -0.05) is 6.92 Å². The fourth-order valence-electron chi connectivity index (χ4n) is 2.47. The third kappa shape index (κ3) is 4.33. The maximum absolute atomic E-state index is 13.2. The van der Waals surface area contributed by atoms with Crippen LogP contribution in [-0.4, -0.2) is 28.5 Å². The maximum atomic E-state index is 13.2. The third-order valence-electron chi connectivity index (χ3n) is 3.64. The number of aromatic nitrogens is 2. The van der Waals surface area contributed by atoms with E-state index in [-0.39, 0.29) is 30.7 Å². The largest absolute Gasteiger partial charge is 0.419 e. The smallest absolute Gasteiger partial charge is 0.308 e. The molecule has 0 amide bonds. The van der Waals surface area contributed by atoms with Crippen molar-refractivity contribution in [3.63, 3.8) is 0 Å². The normalized spacial score (nSPS) is 25.8. The number of hydrogen-bond donors (Lipinski definition) is 1. The van der Waals surface area contributed by atoms with E-state index < -0.39 is 17.7 Å². The molecule has 2 rings (SSSR count). The molecule has 0 aliphatic carbocycles. The number of nitrogens with one attached hydrogen (secondary N) is 1. The summed E-state index contributed by atoms with van der Waals surface area (Å²) >= 11 is 0. The number of aryl methyl sites for hydroxylation is 1. The molecule has 3 nitrogen and oxygen atoms in total. The number of alkyl halides is 5. The Bertz CT molecular complexity index is 472. The van der Waals surface area contributed by atoms with Crippen molar-refractivity contribution in [3.05, 3.63) is 23.8 Å². The lowest BCUT2D eigenvalue weighted by Crippen LogP contribution is -2.50. The first-order chi connectivity index (χ1) is 9.67. The molecule has 0 radical (unpaired) electrons. The predicted octanol–water partition coefficient (Wildman–Crippen LogP) is 3.06. The average Bonchev–Trinajstić information content (AvgIpc) is 2.36. The summed E-state index contributed by atoms with van der Waals surface area (Å²) in [6.45, 7) is 1.37. The van der Waals surface area contributed by atoms with Crippen LogP contribution in [0.1, 0.15) is 31.2 Å². The van der Waals surface area contributed by atoms with Gasteiger partial charge in [-0.25, -0.2) is 18.7 Å². The summed E-state index contributed by atoms with van der Waals surface area (Å²) in [7, 11) is 0. The molecule has 0 aromatic carbocycles. The van der Waals surface area contributed by atoms with E-state index in [1.165, 1.54) is 0 Å². The molecule has 8 heteroatoms. The summed E-state index contributed by atoms with van der Waals surface area (Å²) in [5.74, 6) is -2.61. The first-order valence-corrected chi connectivity index (χ1v) is 6.67. The van der Waals surface area contributed by atoms with Crippen LogP contribution in [0.4, 0.5) is 22.0 Å². The standard InChI is InChI=1S/C13H16F5N3/c1-8-4-12(14,15)7-21-10(8)2-3-11-19-5-9(6-20-11)13(16,17)18/h5-6,8,10,21H,2-4,7H2,1H3/t8-,10-/m1/s1. The molecule has 1 aromatic heterocycles. The summed E-state index contributed by atoms with van der Waals surface area (Å²) in [4.78, 5) is 7.35. The third-order valence-corrected chi connectivity index (χ3v) is 3.64. The number of rotatable bonds is 3. The van der Waals surface area contributed by atoms with E-state index in [2.05, 4.69) is 15.3 Å². The van der Waals surface area contributed by atoms with Crippen molar-refractivity contribution in [3.8, 4) is 0 Å². The number of nitrogens with zero attached hydrogens (tertiary/aromatic N) is 2. The molecule has 2 heterocycles. The lowest BCUT2D eigenvalue weighted by atomic mass is 9.88. The van der Waals surface area contributed by atoms with Crippen molar-refractivity contribution < 1.29 is 22.0 Å². The van der Waals surface area contributed by atoms with E-state index in [0.29, 0.717) is 12.8 Å². The number of piperidine rings is 1. The van der Waals surface area contributed by atoms with Crippen molar-refractivity contribution in [2.45, 2.75) is 44.3 Å². The molecular formula is C13H16F5N3. The molecule has 2 atom stereocenters. The van der Waals surface area contributed by atoms with Gasteiger partial charge in [-0.3, -0.25) is 0 Å². The molecule has 1 aliphatic rings. The lowest BCUT2D eigenvalue weighted by molar-refractivity contribution is -0.138. The molecule has 21 heavy (non-hydrogen) atoms. The predicted molar refractivity (Wildman–Crippen MR) is 65.9 cm³/mol. The van der Waals surface area contributed by atoms with E-state index in [9.17, 15) is 22.0 Å². The van der Waals surface area contributed by atoms with Gasteiger partial charge in [-0.2, -0.15) is 13.2 Å². The molecule has 118 valence electrons. The molecule has 1 saturated heterocycles. The van der Waals surface area contributed by atoms with Gasteiger partial charge in [0.1, 0.15) is 5.82 Å². The van der Waals surface area contributed by atoms with Gasteiger partial charge < -0.3 is 5.32 Å². The Morgan fingerprint density at radius 1 is 1.29 bits per heavy atom. The summed E-state index contributed by atoms with van der Waals surface area (Å²) in [6, 6.07) is -0.101. The van der Waals surface area contributed by atoms with E-state index in [4.69, 9.17) is 0 Å². The summed E-state index contributed by atoms with van der Waals surface area (Å²) in [5, 5.41) is 2.78. The van der Waals surface area contributed by atoms with Crippen LogP contribution in [0.3, 0.4) is 0 Å². The zero-order valence-electron chi connectivity index (χ0n) is 11.4. The fraction of sp³-hybridized carbons (Fsp3) is 0.692. The van der Waals surface area contributed by atoms with Crippen LogP contribution < -0.4 is 5.32 Å². The average molecular weight is 309 g/mol. The Kier molecular flexibility index (Phi) is 4.46. The van der Waals surface area contributed by atoms with E-state index >= 15 is 0 Å². The summed E-state index contributed by atoms with van der Waals surface area (Å²) in [6.07, 6.45) is -2.28. The summed E-state index contributed by atoms with van der Waals surface area (Å²) < 4.78 is 63.4. The van der Waals surface area contributed by atoms with Crippen LogP contribution in [0, 0.1) is 5.92 Å². The molecule has 1 fully saturated rings. The second kappa shape index (κ2) is 5.82. The van der Waals surface area contributed by atoms with Gasteiger partial charge in [0.2, 0.25) is 0 Å². The van der Waals surface area contributed by atoms with Crippen LogP contribution >= 0.6 is 0 Å². The Morgan fingerprint density at radius 2 is 1.90 bits per heavy atom. The minimum absolute atomic E-state index is 0.101. The van der Waals surface area contributed by atoms with E-state index in [1.807, 2.05) is 0 Å². The van der Waals surface area contributed by atoms with Crippen molar-refractivity contribution in [2.75, 3.05) is 6.54 Å². The quantitative estimate of drug-likeness (QED) is 0.872. The van der Waals surface area contributed by atoms with Gasteiger partial charge in [0.05, 0.1) is 12.1 Å². The van der Waals surface area contributed by atoms with Gasteiger partial charge in [0.15, 0.2) is 0 Å². The van der Waals surface area contributed by atoms with Gasteiger partial charge in [-0.15, -0.1) is 0 Å². The minimum atomic E-state index is -4.45. The number of hydrogen-bond acceptors (Lipinski definition) is 3. The van der Waals surface area contributed by atoms with Crippen molar-refractivity contribution in [2.24, 2.45) is 5.92 Å². The molecule has 1 aliphatic heterocycles. The zero-order chi connectivity index (χ0) is 15.7. The van der Waals surface area contributed by atoms with E-state index in [1.54, 1.807) is 6.92 Å². The molecule has 0 bridgehead atoms. The van der Waals surface area contributed by atoms with Crippen LogP contribution in [-0.2, 0) is 12.6 Å². The maximum Gasteiger partial charge on any atom is 0.419 e. The van der Waals surface area contributed by atoms with Gasteiger partial charge in [-0.05, 0) is 12.3 Å². The van der Waals surface area contributed by atoms with Gasteiger partial charge >= 0.3 is 6.18 Å². The first kappa shape index (κ1) is 16.1. The van der Waals surface area contributed by atoms with Crippen molar-refractivity contribution >= 4 is 0 Å². The molecule has 1 N–H and O–H groups in total. The Hall–Kier alpha value is -1.31. The number of halogens is 5. The molecule has 0 unspecified atom stereocenters. The second-order valence-corrected chi connectivity index (χ2v) is 5.45. The Balaban J connectivity index is 1.89. The van der Waals surface area contributed by atoms with Crippen LogP contribution in [0.5, 0.6) is 0 Å². The lowest BCUT2D eigenvalue weighted by Gasteiger charge is -2.35. The molecule has 0 saturated carbocycles. The molecule has 1 aromatic rings. The Morgan fingerprint density at radius 3 is 2.43 bits per heavy atom. The molecular weight excluding hydrogens is 293 g/mol. The summed E-state index contributed by atoms with van der Waals surface area (Å²) in [5.41, 5.74) is -0.893. The first-order valence-electron chi connectivity index (χ1n) is 6.67. The van der Waals surface area contributed by atoms with Crippen molar-refractivity contribution in [1.82, 2.24) is 15.3 Å². The fourth-order valence-corrected chi connectivity index (χ4v) is 2.47. The van der Waals surface area contributed by atoms with Crippen LogP contribution in [0.15, 0.2) is 12.4 Å². The van der Waals surface area contributed by atoms with Gasteiger partial charge in [0, 0.05) is 31.3 Å². The van der Waals surface area contributed by atoms with Crippen LogP contribution in [0.25, 0.3) is 0 Å². The Labute approximate surface area is 119 Å². The highest BCUT2D eigenvalue weighted by Gasteiger charge is 2.39.